The molecule has 104 valence electrons. The summed E-state index contributed by atoms with van der Waals surface area (Å²) < 4.78 is 0.971. The maximum absolute atomic E-state index is 12.1. The van der Waals surface area contributed by atoms with Gasteiger partial charge in [-0.05, 0) is 51.0 Å². The van der Waals surface area contributed by atoms with Gasteiger partial charge < -0.3 is 11.1 Å². The van der Waals surface area contributed by atoms with Crippen LogP contribution in [-0.2, 0) is 4.79 Å². The first-order valence-electron chi connectivity index (χ1n) is 6.00. The molecule has 0 saturated carbocycles. The Morgan fingerprint density at radius 2 is 1.84 bits per heavy atom. The van der Waals surface area contributed by atoms with Crippen LogP contribution in [0.25, 0.3) is 0 Å². The lowest BCUT2D eigenvalue weighted by molar-refractivity contribution is -0.125. The highest BCUT2D eigenvalue weighted by Crippen LogP contribution is 2.21. The van der Waals surface area contributed by atoms with Gasteiger partial charge in [0.15, 0.2) is 0 Å². The molecule has 0 bridgehead atoms. The summed E-state index contributed by atoms with van der Waals surface area (Å²) in [5.41, 5.74) is 7.00. The van der Waals surface area contributed by atoms with Crippen molar-refractivity contribution in [2.45, 2.75) is 27.7 Å². The number of hydrogen-bond donors (Lipinski definition) is 2. The van der Waals surface area contributed by atoms with E-state index < -0.39 is 11.3 Å². The largest absolute Gasteiger partial charge is 0.369 e. The Hall–Kier alpha value is -1.36. The number of nitrogens with one attached hydrogen (secondary N) is 1. The molecule has 0 aliphatic heterocycles. The quantitative estimate of drug-likeness (QED) is 0.891. The first kappa shape index (κ1) is 15.7. The molecule has 4 nitrogen and oxygen atoms in total. The van der Waals surface area contributed by atoms with Crippen LogP contribution in [0.3, 0.4) is 0 Å². The monoisotopic (exact) mass is 326 g/mol. The minimum absolute atomic E-state index is 0.192. The van der Waals surface area contributed by atoms with E-state index in [-0.39, 0.29) is 12.5 Å². The lowest BCUT2D eigenvalue weighted by Gasteiger charge is -2.21. The van der Waals surface area contributed by atoms with E-state index in [9.17, 15) is 9.59 Å². The molecule has 0 spiro atoms. The molecule has 0 aliphatic rings. The Morgan fingerprint density at radius 3 is 2.37 bits per heavy atom. The predicted octanol–water partition coefficient (Wildman–Crippen LogP) is 2.31. The van der Waals surface area contributed by atoms with Gasteiger partial charge in [0.2, 0.25) is 5.91 Å². The van der Waals surface area contributed by atoms with Crippen molar-refractivity contribution < 1.29 is 9.59 Å². The zero-order valence-electron chi connectivity index (χ0n) is 11.6. The maximum atomic E-state index is 12.1. The van der Waals surface area contributed by atoms with E-state index in [0.29, 0.717) is 5.56 Å². The van der Waals surface area contributed by atoms with Gasteiger partial charge in [-0.3, -0.25) is 9.59 Å². The van der Waals surface area contributed by atoms with E-state index in [4.69, 9.17) is 5.73 Å². The van der Waals surface area contributed by atoms with E-state index in [1.807, 2.05) is 26.0 Å². The van der Waals surface area contributed by atoms with E-state index in [0.717, 1.165) is 15.6 Å². The number of carbonyl (C=O) groups is 2. The van der Waals surface area contributed by atoms with Crippen molar-refractivity contribution >= 4 is 27.7 Å². The minimum Gasteiger partial charge on any atom is -0.369 e. The third-order valence-electron chi connectivity index (χ3n) is 3.11. The van der Waals surface area contributed by atoms with Gasteiger partial charge in [-0.2, -0.15) is 0 Å². The molecule has 1 rings (SSSR count). The van der Waals surface area contributed by atoms with Crippen molar-refractivity contribution in [3.8, 4) is 0 Å². The standard InChI is InChI=1S/C14H19BrN2O2/c1-8-6-11(15)9(2)5-10(8)12(18)17-7-14(3,4)13(16)19/h5-6H,7H2,1-4H3,(H2,16,19)(H,17,18). The number of nitrogens with two attached hydrogens (primary N) is 1. The highest BCUT2D eigenvalue weighted by molar-refractivity contribution is 9.10. The summed E-state index contributed by atoms with van der Waals surface area (Å²) in [4.78, 5) is 23.3. The molecule has 3 N–H and O–H groups in total. The van der Waals surface area contributed by atoms with Crippen LogP contribution in [-0.4, -0.2) is 18.4 Å². The number of aryl methyl sites for hydroxylation is 2. The SMILES string of the molecule is Cc1cc(C(=O)NCC(C)(C)C(N)=O)c(C)cc1Br. The average Bonchev–Trinajstić information content (AvgIpc) is 2.30. The van der Waals surface area contributed by atoms with Crippen LogP contribution in [0.15, 0.2) is 16.6 Å². The fraction of sp³-hybridized carbons (Fsp3) is 0.429. The van der Waals surface area contributed by atoms with Gasteiger partial charge in [-0.1, -0.05) is 15.9 Å². The van der Waals surface area contributed by atoms with Crippen LogP contribution in [0.1, 0.15) is 35.3 Å². The summed E-state index contributed by atoms with van der Waals surface area (Å²) in [5.74, 6) is -0.626. The molecule has 1 aromatic carbocycles. The van der Waals surface area contributed by atoms with Gasteiger partial charge in [0.25, 0.3) is 5.91 Å². The molecule has 0 saturated heterocycles. The molecule has 0 unspecified atom stereocenters. The van der Waals surface area contributed by atoms with Crippen molar-refractivity contribution in [2.24, 2.45) is 11.1 Å². The van der Waals surface area contributed by atoms with Gasteiger partial charge in [0.05, 0.1) is 5.41 Å². The second-order valence-electron chi connectivity index (χ2n) is 5.35. The number of amides is 2. The van der Waals surface area contributed by atoms with Crippen molar-refractivity contribution in [3.05, 3.63) is 33.3 Å². The summed E-state index contributed by atoms with van der Waals surface area (Å²) in [6.45, 7) is 7.42. The van der Waals surface area contributed by atoms with Crippen LogP contribution in [0.5, 0.6) is 0 Å². The van der Waals surface area contributed by atoms with Crippen LogP contribution in [0, 0.1) is 19.3 Å². The molecule has 0 heterocycles. The molecule has 5 heteroatoms. The number of benzene rings is 1. The Labute approximate surface area is 121 Å². The fourth-order valence-corrected chi connectivity index (χ4v) is 1.97. The molecule has 0 aromatic heterocycles. The molecule has 0 fully saturated rings. The summed E-state index contributed by atoms with van der Waals surface area (Å²) in [6, 6.07) is 3.73. The Morgan fingerprint density at radius 1 is 1.26 bits per heavy atom. The Balaban J connectivity index is 2.86. The molecular weight excluding hydrogens is 308 g/mol. The second-order valence-corrected chi connectivity index (χ2v) is 6.20. The summed E-state index contributed by atoms with van der Waals surface area (Å²) in [7, 11) is 0. The molecule has 0 atom stereocenters. The van der Waals surface area contributed by atoms with Gasteiger partial charge in [0.1, 0.15) is 0 Å². The van der Waals surface area contributed by atoms with E-state index in [1.165, 1.54) is 0 Å². The number of primary amides is 1. The van der Waals surface area contributed by atoms with Crippen molar-refractivity contribution in [3.63, 3.8) is 0 Å². The molecule has 0 aliphatic carbocycles. The lowest BCUT2D eigenvalue weighted by Crippen LogP contribution is -2.42. The van der Waals surface area contributed by atoms with Gasteiger partial charge >= 0.3 is 0 Å². The van der Waals surface area contributed by atoms with Crippen LogP contribution in [0.2, 0.25) is 0 Å². The molecular formula is C14H19BrN2O2. The Kier molecular flexibility index (Phi) is 4.74. The van der Waals surface area contributed by atoms with Crippen molar-refractivity contribution in [2.75, 3.05) is 6.54 Å². The summed E-state index contributed by atoms with van der Waals surface area (Å²) in [6.07, 6.45) is 0. The average molecular weight is 327 g/mol. The fourth-order valence-electron chi connectivity index (χ4n) is 1.51. The third-order valence-corrected chi connectivity index (χ3v) is 3.96. The number of rotatable bonds is 4. The van der Waals surface area contributed by atoms with Crippen LogP contribution >= 0.6 is 15.9 Å². The lowest BCUT2D eigenvalue weighted by atomic mass is 9.92. The van der Waals surface area contributed by atoms with E-state index >= 15 is 0 Å². The number of halogens is 1. The first-order chi connectivity index (χ1) is 8.65. The first-order valence-corrected chi connectivity index (χ1v) is 6.79. The number of hydrogen-bond acceptors (Lipinski definition) is 2. The highest BCUT2D eigenvalue weighted by atomic mass is 79.9. The molecule has 0 radical (unpaired) electrons. The summed E-state index contributed by atoms with van der Waals surface area (Å²) >= 11 is 3.43. The van der Waals surface area contributed by atoms with Crippen LogP contribution in [0.4, 0.5) is 0 Å². The third kappa shape index (κ3) is 3.80. The topological polar surface area (TPSA) is 72.2 Å². The van der Waals surface area contributed by atoms with Gasteiger partial charge in [-0.25, -0.2) is 0 Å². The normalized spacial score (nSPS) is 11.2. The van der Waals surface area contributed by atoms with E-state index in [1.54, 1.807) is 13.8 Å². The molecule has 19 heavy (non-hydrogen) atoms. The molecule has 2 amide bonds. The Bertz CT molecular complexity index is 524. The van der Waals surface area contributed by atoms with Crippen molar-refractivity contribution in [1.82, 2.24) is 5.32 Å². The zero-order chi connectivity index (χ0) is 14.8. The van der Waals surface area contributed by atoms with E-state index in [2.05, 4.69) is 21.2 Å². The smallest absolute Gasteiger partial charge is 0.251 e. The maximum Gasteiger partial charge on any atom is 0.251 e. The highest BCUT2D eigenvalue weighted by Gasteiger charge is 2.25. The summed E-state index contributed by atoms with van der Waals surface area (Å²) in [5, 5.41) is 2.75. The van der Waals surface area contributed by atoms with Crippen molar-refractivity contribution in [1.29, 1.82) is 0 Å². The van der Waals surface area contributed by atoms with Gasteiger partial charge in [0, 0.05) is 16.6 Å². The van der Waals surface area contributed by atoms with Crippen LogP contribution < -0.4 is 11.1 Å². The minimum atomic E-state index is -0.756. The second kappa shape index (κ2) is 5.74. The number of carbonyl (C=O) groups excluding carboxylic acids is 2. The molecule has 1 aromatic rings. The van der Waals surface area contributed by atoms with Gasteiger partial charge in [-0.15, -0.1) is 0 Å². The predicted molar refractivity (Wildman–Crippen MR) is 78.9 cm³/mol. The zero-order valence-corrected chi connectivity index (χ0v) is 13.2.